The summed E-state index contributed by atoms with van der Waals surface area (Å²) < 4.78 is 0. The first kappa shape index (κ1) is 11.9. The second kappa shape index (κ2) is 5.65. The van der Waals surface area contributed by atoms with Crippen LogP contribution in [0.15, 0.2) is 61.2 Å². The SMILES string of the molecule is C=CC=C(C=C)CN1CCc2ccccc2C1. The number of rotatable bonds is 4. The van der Waals surface area contributed by atoms with Gasteiger partial charge in [0.25, 0.3) is 0 Å². The van der Waals surface area contributed by atoms with Crippen LogP contribution in [0, 0.1) is 0 Å². The van der Waals surface area contributed by atoms with Crippen molar-refractivity contribution in [2.24, 2.45) is 0 Å². The van der Waals surface area contributed by atoms with E-state index in [1.807, 2.05) is 18.2 Å². The van der Waals surface area contributed by atoms with E-state index in [0.29, 0.717) is 0 Å². The quantitative estimate of drug-likeness (QED) is 0.710. The van der Waals surface area contributed by atoms with E-state index in [0.717, 1.165) is 26.1 Å². The molecule has 1 aromatic rings. The zero-order chi connectivity index (χ0) is 12.1. The van der Waals surface area contributed by atoms with Gasteiger partial charge in [0.15, 0.2) is 0 Å². The van der Waals surface area contributed by atoms with Crippen molar-refractivity contribution in [2.45, 2.75) is 13.0 Å². The Morgan fingerprint density at radius 2 is 2.00 bits per heavy atom. The van der Waals surface area contributed by atoms with Gasteiger partial charge in [0.05, 0.1) is 0 Å². The fourth-order valence-electron chi connectivity index (χ4n) is 2.28. The number of allylic oxidation sites excluding steroid dienone is 2. The van der Waals surface area contributed by atoms with Gasteiger partial charge in [-0.25, -0.2) is 0 Å². The van der Waals surface area contributed by atoms with Gasteiger partial charge in [0.1, 0.15) is 0 Å². The Kier molecular flexibility index (Phi) is 3.94. The number of hydrogen-bond donors (Lipinski definition) is 0. The van der Waals surface area contributed by atoms with Crippen LogP contribution in [0.1, 0.15) is 11.1 Å². The third-order valence-electron chi connectivity index (χ3n) is 3.21. The Bertz CT molecular complexity index is 443. The molecule has 0 spiro atoms. The highest BCUT2D eigenvalue weighted by molar-refractivity contribution is 5.30. The van der Waals surface area contributed by atoms with Gasteiger partial charge in [-0.3, -0.25) is 4.90 Å². The first-order chi connectivity index (χ1) is 8.33. The van der Waals surface area contributed by atoms with Crippen LogP contribution in [0.25, 0.3) is 0 Å². The minimum absolute atomic E-state index is 0.962. The van der Waals surface area contributed by atoms with Gasteiger partial charge < -0.3 is 0 Å². The fraction of sp³-hybridized carbons (Fsp3) is 0.250. The third-order valence-corrected chi connectivity index (χ3v) is 3.21. The molecule has 0 aliphatic carbocycles. The van der Waals surface area contributed by atoms with Crippen molar-refractivity contribution in [1.82, 2.24) is 4.90 Å². The highest BCUT2D eigenvalue weighted by Crippen LogP contribution is 2.19. The second-order valence-corrected chi connectivity index (χ2v) is 4.41. The normalized spacial score (nSPS) is 16.4. The Labute approximate surface area is 104 Å². The minimum Gasteiger partial charge on any atom is -0.294 e. The standard InChI is InChI=1S/C16H19N/c1-3-7-14(4-2)12-17-11-10-15-8-5-6-9-16(15)13-17/h3-9H,1-2,10-13H2. The Hall–Kier alpha value is -1.60. The molecule has 1 aliphatic heterocycles. The highest BCUT2D eigenvalue weighted by Gasteiger charge is 2.15. The predicted octanol–water partition coefficient (Wildman–Crippen LogP) is 3.34. The summed E-state index contributed by atoms with van der Waals surface area (Å²) in [6, 6.07) is 8.71. The molecule has 1 aliphatic rings. The molecule has 0 amide bonds. The Balaban J connectivity index is 2.05. The molecule has 0 saturated heterocycles. The van der Waals surface area contributed by atoms with Gasteiger partial charge >= 0.3 is 0 Å². The van der Waals surface area contributed by atoms with E-state index in [2.05, 4.69) is 42.3 Å². The molecule has 1 aromatic carbocycles. The summed E-state index contributed by atoms with van der Waals surface area (Å²) in [6.07, 6.45) is 6.93. The molecule has 0 radical (unpaired) electrons. The van der Waals surface area contributed by atoms with Crippen molar-refractivity contribution in [1.29, 1.82) is 0 Å². The Morgan fingerprint density at radius 3 is 2.71 bits per heavy atom. The maximum atomic E-state index is 3.85. The van der Waals surface area contributed by atoms with Crippen LogP contribution in [-0.4, -0.2) is 18.0 Å². The molecule has 1 heterocycles. The molecule has 1 heteroatoms. The van der Waals surface area contributed by atoms with Gasteiger partial charge in [-0.1, -0.05) is 55.7 Å². The van der Waals surface area contributed by atoms with E-state index >= 15 is 0 Å². The molecular formula is C16H19N. The summed E-state index contributed by atoms with van der Waals surface area (Å²) in [4.78, 5) is 2.46. The van der Waals surface area contributed by atoms with Gasteiger partial charge in [-0.05, 0) is 23.1 Å². The van der Waals surface area contributed by atoms with Crippen molar-refractivity contribution < 1.29 is 0 Å². The van der Waals surface area contributed by atoms with Crippen LogP contribution in [-0.2, 0) is 13.0 Å². The van der Waals surface area contributed by atoms with Crippen LogP contribution in [0.4, 0.5) is 0 Å². The lowest BCUT2D eigenvalue weighted by molar-refractivity contribution is 0.277. The maximum absolute atomic E-state index is 3.85. The summed E-state index contributed by atoms with van der Waals surface area (Å²) >= 11 is 0. The van der Waals surface area contributed by atoms with Gasteiger partial charge in [-0.15, -0.1) is 0 Å². The molecule has 88 valence electrons. The molecular weight excluding hydrogens is 206 g/mol. The summed E-state index contributed by atoms with van der Waals surface area (Å²) in [5.41, 5.74) is 4.19. The molecule has 17 heavy (non-hydrogen) atoms. The number of fused-ring (bicyclic) bond motifs is 1. The molecule has 1 nitrogen and oxygen atoms in total. The minimum atomic E-state index is 0.962. The summed E-state index contributed by atoms with van der Waals surface area (Å²) in [7, 11) is 0. The summed E-state index contributed by atoms with van der Waals surface area (Å²) in [6.45, 7) is 10.7. The Morgan fingerprint density at radius 1 is 1.24 bits per heavy atom. The lowest BCUT2D eigenvalue weighted by Gasteiger charge is -2.28. The average Bonchev–Trinajstić information content (AvgIpc) is 2.38. The molecule has 2 rings (SSSR count). The van der Waals surface area contributed by atoms with Gasteiger partial charge in [0, 0.05) is 19.6 Å². The molecule has 0 unspecified atom stereocenters. The lowest BCUT2D eigenvalue weighted by Crippen LogP contribution is -2.31. The molecule has 0 N–H and O–H groups in total. The third kappa shape index (κ3) is 2.95. The maximum Gasteiger partial charge on any atom is 0.0240 e. The zero-order valence-corrected chi connectivity index (χ0v) is 10.2. The van der Waals surface area contributed by atoms with Crippen molar-refractivity contribution in [3.63, 3.8) is 0 Å². The molecule has 0 aromatic heterocycles. The predicted molar refractivity (Wildman–Crippen MR) is 73.9 cm³/mol. The van der Waals surface area contributed by atoms with Gasteiger partial charge in [0.2, 0.25) is 0 Å². The van der Waals surface area contributed by atoms with Crippen molar-refractivity contribution in [2.75, 3.05) is 13.1 Å². The largest absolute Gasteiger partial charge is 0.294 e. The van der Waals surface area contributed by atoms with Crippen LogP contribution < -0.4 is 0 Å². The first-order valence-electron chi connectivity index (χ1n) is 6.06. The van der Waals surface area contributed by atoms with Crippen molar-refractivity contribution >= 4 is 0 Å². The van der Waals surface area contributed by atoms with E-state index in [4.69, 9.17) is 0 Å². The van der Waals surface area contributed by atoms with E-state index < -0.39 is 0 Å². The molecule has 0 saturated carbocycles. The van der Waals surface area contributed by atoms with E-state index in [-0.39, 0.29) is 0 Å². The van der Waals surface area contributed by atoms with Crippen molar-refractivity contribution in [3.8, 4) is 0 Å². The van der Waals surface area contributed by atoms with Crippen LogP contribution >= 0.6 is 0 Å². The summed E-state index contributed by atoms with van der Waals surface area (Å²) in [5.74, 6) is 0. The monoisotopic (exact) mass is 225 g/mol. The molecule has 0 bridgehead atoms. The fourth-order valence-corrected chi connectivity index (χ4v) is 2.28. The van der Waals surface area contributed by atoms with Crippen LogP contribution in [0.3, 0.4) is 0 Å². The lowest BCUT2D eigenvalue weighted by atomic mass is 9.99. The molecule has 0 fully saturated rings. The van der Waals surface area contributed by atoms with E-state index in [1.54, 1.807) is 0 Å². The number of benzene rings is 1. The van der Waals surface area contributed by atoms with Crippen LogP contribution in [0.5, 0.6) is 0 Å². The summed E-state index contributed by atoms with van der Waals surface area (Å²) in [5, 5.41) is 0. The zero-order valence-electron chi connectivity index (χ0n) is 10.2. The number of hydrogen-bond acceptors (Lipinski definition) is 1. The van der Waals surface area contributed by atoms with Gasteiger partial charge in [-0.2, -0.15) is 0 Å². The smallest absolute Gasteiger partial charge is 0.0240 e. The highest BCUT2D eigenvalue weighted by atomic mass is 15.1. The second-order valence-electron chi connectivity index (χ2n) is 4.41. The van der Waals surface area contributed by atoms with Crippen molar-refractivity contribution in [3.05, 3.63) is 72.4 Å². The first-order valence-corrected chi connectivity index (χ1v) is 6.06. The topological polar surface area (TPSA) is 3.24 Å². The molecule has 0 atom stereocenters. The van der Waals surface area contributed by atoms with Crippen LogP contribution in [0.2, 0.25) is 0 Å². The number of nitrogens with zero attached hydrogens (tertiary/aromatic N) is 1. The van der Waals surface area contributed by atoms with E-state index in [1.165, 1.54) is 16.7 Å². The average molecular weight is 225 g/mol. The van der Waals surface area contributed by atoms with E-state index in [9.17, 15) is 0 Å².